The fourth-order valence-corrected chi connectivity index (χ4v) is 2.87. The molecule has 2 aromatic rings. The predicted molar refractivity (Wildman–Crippen MR) is 104 cm³/mol. The molecule has 5 nitrogen and oxygen atoms in total. The van der Waals surface area contributed by atoms with Gasteiger partial charge in [0.1, 0.15) is 5.75 Å². The van der Waals surface area contributed by atoms with Crippen LogP contribution in [0.25, 0.3) is 0 Å². The largest absolute Gasteiger partial charge is 0.497 e. The number of anilines is 1. The average Bonchev–Trinajstić information content (AvgIpc) is 2.58. The molecule has 0 aliphatic heterocycles. The molecule has 0 bridgehead atoms. The van der Waals surface area contributed by atoms with E-state index < -0.39 is 0 Å². The molecule has 2 aromatic carbocycles. The van der Waals surface area contributed by atoms with Crippen molar-refractivity contribution in [1.29, 1.82) is 0 Å². The molecule has 0 heterocycles. The molecule has 0 aliphatic rings. The summed E-state index contributed by atoms with van der Waals surface area (Å²) < 4.78 is 5.11. The number of carbonyl (C=O) groups excluding carboxylic acids is 2. The summed E-state index contributed by atoms with van der Waals surface area (Å²) in [6.07, 6.45) is 0.299. The Balaban J connectivity index is 1.90. The first kappa shape index (κ1) is 19.5. The van der Waals surface area contributed by atoms with Crippen molar-refractivity contribution in [3.8, 4) is 5.75 Å². The SMILES string of the molecule is COc1ccc(CC(=O)NCCN(C(C)=O)c2cc(C)cc(C)c2)cc1. The quantitative estimate of drug-likeness (QED) is 0.831. The Morgan fingerprint density at radius 3 is 2.19 bits per heavy atom. The fraction of sp³-hybridized carbons (Fsp3) is 0.333. The molecular weight excluding hydrogens is 328 g/mol. The molecule has 138 valence electrons. The van der Waals surface area contributed by atoms with E-state index in [2.05, 4.69) is 11.4 Å². The molecule has 0 aromatic heterocycles. The van der Waals surface area contributed by atoms with Crippen LogP contribution in [-0.4, -0.2) is 32.0 Å². The van der Waals surface area contributed by atoms with Gasteiger partial charge in [0.2, 0.25) is 11.8 Å². The lowest BCUT2D eigenvalue weighted by atomic mass is 10.1. The monoisotopic (exact) mass is 354 g/mol. The maximum atomic E-state index is 12.1. The van der Waals surface area contributed by atoms with E-state index in [4.69, 9.17) is 4.74 Å². The lowest BCUT2D eigenvalue weighted by Crippen LogP contribution is -2.38. The number of aryl methyl sites for hydroxylation is 2. The molecular formula is C21H26N2O3. The Morgan fingerprint density at radius 2 is 1.65 bits per heavy atom. The molecule has 0 saturated carbocycles. The highest BCUT2D eigenvalue weighted by atomic mass is 16.5. The van der Waals surface area contributed by atoms with Gasteiger partial charge in [-0.2, -0.15) is 0 Å². The highest BCUT2D eigenvalue weighted by molar-refractivity contribution is 5.91. The van der Waals surface area contributed by atoms with E-state index in [1.807, 2.05) is 50.2 Å². The normalized spacial score (nSPS) is 10.3. The first-order valence-corrected chi connectivity index (χ1v) is 8.65. The van der Waals surface area contributed by atoms with Crippen LogP contribution in [0.4, 0.5) is 5.69 Å². The topological polar surface area (TPSA) is 58.6 Å². The standard InChI is InChI=1S/C21H26N2O3/c1-15-11-16(2)13-19(12-15)23(17(3)24)10-9-22-21(25)14-18-5-7-20(26-4)8-6-18/h5-8,11-13H,9-10,14H2,1-4H3,(H,22,25). The smallest absolute Gasteiger partial charge is 0.224 e. The van der Waals surface area contributed by atoms with E-state index in [1.54, 1.807) is 12.0 Å². The van der Waals surface area contributed by atoms with Crippen LogP contribution >= 0.6 is 0 Å². The van der Waals surface area contributed by atoms with Crippen LogP contribution in [0.15, 0.2) is 42.5 Å². The molecule has 2 rings (SSSR count). The van der Waals surface area contributed by atoms with Crippen molar-refractivity contribution >= 4 is 17.5 Å². The number of nitrogens with one attached hydrogen (secondary N) is 1. The lowest BCUT2D eigenvalue weighted by Gasteiger charge is -2.22. The van der Waals surface area contributed by atoms with E-state index in [1.165, 1.54) is 6.92 Å². The minimum absolute atomic E-state index is 0.0422. The lowest BCUT2D eigenvalue weighted by molar-refractivity contribution is -0.121. The average molecular weight is 354 g/mol. The van der Waals surface area contributed by atoms with Crippen molar-refractivity contribution < 1.29 is 14.3 Å². The molecule has 1 N–H and O–H groups in total. The van der Waals surface area contributed by atoms with Gasteiger partial charge in [0, 0.05) is 25.7 Å². The second kappa shape index (κ2) is 9.04. The number of hydrogen-bond donors (Lipinski definition) is 1. The Kier molecular flexibility index (Phi) is 6.78. The van der Waals surface area contributed by atoms with Crippen LogP contribution in [0.3, 0.4) is 0 Å². The summed E-state index contributed by atoms with van der Waals surface area (Å²) in [5.74, 6) is 0.651. The number of rotatable bonds is 7. The van der Waals surface area contributed by atoms with E-state index in [9.17, 15) is 9.59 Å². The molecule has 2 amide bonds. The summed E-state index contributed by atoms with van der Waals surface area (Å²) in [6, 6.07) is 13.4. The summed E-state index contributed by atoms with van der Waals surface area (Å²) in [4.78, 5) is 25.8. The highest BCUT2D eigenvalue weighted by Gasteiger charge is 2.13. The summed E-state index contributed by atoms with van der Waals surface area (Å²) in [5.41, 5.74) is 3.99. The van der Waals surface area contributed by atoms with E-state index in [0.29, 0.717) is 19.5 Å². The van der Waals surface area contributed by atoms with Crippen molar-refractivity contribution in [1.82, 2.24) is 5.32 Å². The molecule has 0 fully saturated rings. The Bertz CT molecular complexity index is 749. The molecule has 0 aliphatic carbocycles. The summed E-state index contributed by atoms with van der Waals surface area (Å²) >= 11 is 0. The van der Waals surface area contributed by atoms with Gasteiger partial charge in [-0.25, -0.2) is 0 Å². The molecule has 0 saturated heterocycles. The predicted octanol–water partition coefficient (Wildman–Crippen LogP) is 3.02. The van der Waals surface area contributed by atoms with Gasteiger partial charge in [-0.3, -0.25) is 9.59 Å². The first-order valence-electron chi connectivity index (χ1n) is 8.65. The molecule has 0 atom stereocenters. The fourth-order valence-electron chi connectivity index (χ4n) is 2.87. The van der Waals surface area contributed by atoms with Gasteiger partial charge in [0.15, 0.2) is 0 Å². The highest BCUT2D eigenvalue weighted by Crippen LogP contribution is 2.18. The third kappa shape index (κ3) is 5.62. The van der Waals surface area contributed by atoms with Crippen LogP contribution in [-0.2, 0) is 16.0 Å². The van der Waals surface area contributed by atoms with Gasteiger partial charge in [-0.1, -0.05) is 18.2 Å². The summed E-state index contributed by atoms with van der Waals surface area (Å²) in [6.45, 7) is 6.39. The second-order valence-corrected chi connectivity index (χ2v) is 6.39. The van der Waals surface area contributed by atoms with Crippen LogP contribution in [0.2, 0.25) is 0 Å². The number of methoxy groups -OCH3 is 1. The molecule has 5 heteroatoms. The maximum absolute atomic E-state index is 12.1. The van der Waals surface area contributed by atoms with Crippen LogP contribution in [0, 0.1) is 13.8 Å². The number of hydrogen-bond acceptors (Lipinski definition) is 3. The van der Waals surface area contributed by atoms with Crippen LogP contribution < -0.4 is 15.0 Å². The first-order chi connectivity index (χ1) is 12.4. The van der Waals surface area contributed by atoms with E-state index in [-0.39, 0.29) is 11.8 Å². The molecule has 26 heavy (non-hydrogen) atoms. The summed E-state index contributed by atoms with van der Waals surface area (Å²) in [7, 11) is 1.61. The minimum atomic E-state index is -0.0703. The van der Waals surface area contributed by atoms with Gasteiger partial charge >= 0.3 is 0 Å². The Hall–Kier alpha value is -2.82. The van der Waals surface area contributed by atoms with Gasteiger partial charge in [0.05, 0.1) is 13.5 Å². The summed E-state index contributed by atoms with van der Waals surface area (Å²) in [5, 5.41) is 2.88. The van der Waals surface area contributed by atoms with Crippen LogP contribution in [0.1, 0.15) is 23.6 Å². The molecule has 0 unspecified atom stereocenters. The van der Waals surface area contributed by atoms with E-state index in [0.717, 1.165) is 28.1 Å². The Morgan fingerprint density at radius 1 is 1.04 bits per heavy atom. The zero-order valence-electron chi connectivity index (χ0n) is 15.8. The number of benzene rings is 2. The maximum Gasteiger partial charge on any atom is 0.224 e. The number of carbonyl (C=O) groups is 2. The number of amides is 2. The Labute approximate surface area is 155 Å². The van der Waals surface area contributed by atoms with Crippen molar-refractivity contribution in [2.24, 2.45) is 0 Å². The van der Waals surface area contributed by atoms with Crippen molar-refractivity contribution in [2.45, 2.75) is 27.2 Å². The van der Waals surface area contributed by atoms with Gasteiger partial charge in [-0.05, 0) is 54.8 Å². The van der Waals surface area contributed by atoms with Gasteiger partial charge in [-0.15, -0.1) is 0 Å². The third-order valence-corrected chi connectivity index (χ3v) is 4.08. The number of ether oxygens (including phenoxy) is 1. The van der Waals surface area contributed by atoms with Crippen LogP contribution in [0.5, 0.6) is 5.75 Å². The third-order valence-electron chi connectivity index (χ3n) is 4.08. The van der Waals surface area contributed by atoms with Crippen molar-refractivity contribution in [2.75, 3.05) is 25.1 Å². The number of nitrogens with zero attached hydrogens (tertiary/aromatic N) is 1. The molecule has 0 spiro atoms. The van der Waals surface area contributed by atoms with E-state index >= 15 is 0 Å². The van der Waals surface area contributed by atoms with Crippen molar-refractivity contribution in [3.63, 3.8) is 0 Å². The second-order valence-electron chi connectivity index (χ2n) is 6.39. The van der Waals surface area contributed by atoms with Gasteiger partial charge in [0.25, 0.3) is 0 Å². The van der Waals surface area contributed by atoms with Crippen molar-refractivity contribution in [3.05, 3.63) is 59.2 Å². The molecule has 0 radical (unpaired) electrons. The van der Waals surface area contributed by atoms with Gasteiger partial charge < -0.3 is 15.0 Å². The minimum Gasteiger partial charge on any atom is -0.497 e. The zero-order valence-corrected chi connectivity index (χ0v) is 15.8. The zero-order chi connectivity index (χ0) is 19.1.